The second kappa shape index (κ2) is 7.74. The minimum atomic E-state index is -0.639. The third-order valence-electron chi connectivity index (χ3n) is 3.36. The maximum Gasteiger partial charge on any atom is 0.315 e. The number of nitro benzene ring substituents is 1. The van der Waals surface area contributed by atoms with E-state index in [1.54, 1.807) is 19.2 Å². The molecule has 22 heavy (non-hydrogen) atoms. The van der Waals surface area contributed by atoms with Gasteiger partial charge >= 0.3 is 6.03 Å². The summed E-state index contributed by atoms with van der Waals surface area (Å²) in [5.74, 6) is 0. The number of carbonyl (C=O) groups excluding carboxylic acids is 1. The first-order chi connectivity index (χ1) is 10.3. The Kier molecular flexibility index (Phi) is 6.30. The van der Waals surface area contributed by atoms with Gasteiger partial charge in [-0.25, -0.2) is 4.79 Å². The Hall–Kier alpha value is -2.15. The van der Waals surface area contributed by atoms with Crippen molar-refractivity contribution in [3.63, 3.8) is 0 Å². The van der Waals surface area contributed by atoms with Crippen LogP contribution in [0.15, 0.2) is 24.3 Å². The Balaban J connectivity index is 2.65. The molecule has 0 heterocycles. The van der Waals surface area contributed by atoms with Crippen LogP contribution in [0.3, 0.4) is 0 Å². The summed E-state index contributed by atoms with van der Waals surface area (Å²) < 4.78 is 4.97. The van der Waals surface area contributed by atoms with Crippen LogP contribution in [0.1, 0.15) is 32.8 Å². The van der Waals surface area contributed by atoms with Gasteiger partial charge in [0.15, 0.2) is 0 Å². The maximum atomic E-state index is 12.0. The molecule has 0 aliphatic heterocycles. The van der Waals surface area contributed by atoms with Crippen LogP contribution in [0, 0.1) is 10.1 Å². The van der Waals surface area contributed by atoms with Crippen molar-refractivity contribution in [2.45, 2.75) is 38.8 Å². The number of ether oxygens (including phenoxy) is 1. The van der Waals surface area contributed by atoms with Crippen molar-refractivity contribution in [3.8, 4) is 0 Å². The van der Waals surface area contributed by atoms with E-state index in [-0.39, 0.29) is 17.8 Å². The molecule has 1 atom stereocenters. The largest absolute Gasteiger partial charge is 0.385 e. The summed E-state index contributed by atoms with van der Waals surface area (Å²) in [6.45, 7) is 6.16. The van der Waals surface area contributed by atoms with E-state index >= 15 is 0 Å². The highest BCUT2D eigenvalue weighted by molar-refractivity contribution is 5.75. The highest BCUT2D eigenvalue weighted by atomic mass is 16.6. The lowest BCUT2D eigenvalue weighted by molar-refractivity contribution is -0.384. The van der Waals surface area contributed by atoms with Gasteiger partial charge in [-0.05, 0) is 44.9 Å². The second-order valence-electron chi connectivity index (χ2n) is 5.71. The maximum absolute atomic E-state index is 12.0. The lowest BCUT2D eigenvalue weighted by Gasteiger charge is -2.28. The summed E-state index contributed by atoms with van der Waals surface area (Å²) in [4.78, 5) is 22.2. The van der Waals surface area contributed by atoms with E-state index in [1.165, 1.54) is 12.1 Å². The van der Waals surface area contributed by atoms with Crippen molar-refractivity contribution >= 4 is 11.7 Å². The van der Waals surface area contributed by atoms with E-state index in [4.69, 9.17) is 4.74 Å². The van der Waals surface area contributed by atoms with Crippen LogP contribution in [0.5, 0.6) is 0 Å². The number of amides is 2. The summed E-state index contributed by atoms with van der Waals surface area (Å²) in [7, 11) is 1.62. The third-order valence-corrected chi connectivity index (χ3v) is 3.36. The van der Waals surface area contributed by atoms with E-state index < -0.39 is 10.5 Å². The van der Waals surface area contributed by atoms with Crippen LogP contribution in [-0.4, -0.2) is 30.7 Å². The Morgan fingerprint density at radius 2 is 1.95 bits per heavy atom. The molecule has 0 aliphatic carbocycles. The van der Waals surface area contributed by atoms with Gasteiger partial charge in [0.05, 0.1) is 10.5 Å². The normalized spacial score (nSPS) is 12.5. The SMILES string of the molecule is COCC[C@@H](C)NC(=O)NC(C)(C)c1ccc([N+](=O)[O-])cc1. The van der Waals surface area contributed by atoms with Crippen molar-refractivity contribution in [2.75, 3.05) is 13.7 Å². The number of nitrogens with one attached hydrogen (secondary N) is 2. The Morgan fingerprint density at radius 3 is 2.45 bits per heavy atom. The van der Waals surface area contributed by atoms with Gasteiger partial charge in [-0.15, -0.1) is 0 Å². The first-order valence-corrected chi connectivity index (χ1v) is 7.09. The molecular formula is C15H23N3O4. The first-order valence-electron chi connectivity index (χ1n) is 7.09. The van der Waals surface area contributed by atoms with Crippen molar-refractivity contribution in [1.29, 1.82) is 0 Å². The average molecular weight is 309 g/mol. The number of rotatable bonds is 7. The zero-order chi connectivity index (χ0) is 16.8. The fourth-order valence-electron chi connectivity index (χ4n) is 1.98. The summed E-state index contributed by atoms with van der Waals surface area (Å²) in [5, 5.41) is 16.4. The van der Waals surface area contributed by atoms with E-state index in [2.05, 4.69) is 10.6 Å². The summed E-state index contributed by atoms with van der Waals surface area (Å²) in [5.41, 5.74) is 0.176. The summed E-state index contributed by atoms with van der Waals surface area (Å²) >= 11 is 0. The van der Waals surface area contributed by atoms with Gasteiger partial charge in [0.25, 0.3) is 5.69 Å². The first kappa shape index (κ1) is 17.9. The fourth-order valence-corrected chi connectivity index (χ4v) is 1.98. The molecule has 122 valence electrons. The summed E-state index contributed by atoms with van der Waals surface area (Å²) in [6, 6.07) is 5.86. The number of nitro groups is 1. The topological polar surface area (TPSA) is 93.5 Å². The number of urea groups is 1. The predicted octanol–water partition coefficient (Wildman–Crippen LogP) is 2.55. The number of non-ortho nitro benzene ring substituents is 1. The van der Waals surface area contributed by atoms with Crippen LogP contribution in [0.25, 0.3) is 0 Å². The molecule has 1 aromatic carbocycles. The van der Waals surface area contributed by atoms with Crippen LogP contribution in [0.2, 0.25) is 0 Å². The van der Waals surface area contributed by atoms with Gasteiger partial charge in [0.1, 0.15) is 0 Å². The molecule has 2 amide bonds. The molecule has 0 fully saturated rings. The number of hydrogen-bond donors (Lipinski definition) is 2. The molecular weight excluding hydrogens is 286 g/mol. The molecule has 2 N–H and O–H groups in total. The zero-order valence-corrected chi connectivity index (χ0v) is 13.4. The molecule has 0 bridgehead atoms. The van der Waals surface area contributed by atoms with Crippen LogP contribution in [-0.2, 0) is 10.3 Å². The van der Waals surface area contributed by atoms with Crippen LogP contribution >= 0.6 is 0 Å². The zero-order valence-electron chi connectivity index (χ0n) is 13.4. The van der Waals surface area contributed by atoms with E-state index in [0.29, 0.717) is 6.61 Å². The molecule has 0 saturated heterocycles. The smallest absolute Gasteiger partial charge is 0.315 e. The Bertz CT molecular complexity index is 514. The van der Waals surface area contributed by atoms with Crippen molar-refractivity contribution in [1.82, 2.24) is 10.6 Å². The summed E-state index contributed by atoms with van der Waals surface area (Å²) in [6.07, 6.45) is 0.724. The second-order valence-corrected chi connectivity index (χ2v) is 5.71. The molecule has 0 saturated carbocycles. The quantitative estimate of drug-likeness (QED) is 0.598. The standard InChI is InChI=1S/C15H23N3O4/c1-11(9-10-22-4)16-14(19)17-15(2,3)12-5-7-13(8-6-12)18(20)21/h5-8,11H,9-10H2,1-4H3,(H2,16,17,19)/t11-/m1/s1. The molecule has 0 spiro atoms. The molecule has 1 aromatic rings. The van der Waals surface area contributed by atoms with E-state index in [0.717, 1.165) is 12.0 Å². The Labute approximate surface area is 130 Å². The molecule has 7 heteroatoms. The molecule has 7 nitrogen and oxygen atoms in total. The molecule has 0 unspecified atom stereocenters. The van der Waals surface area contributed by atoms with Crippen LogP contribution in [0.4, 0.5) is 10.5 Å². The fraction of sp³-hybridized carbons (Fsp3) is 0.533. The van der Waals surface area contributed by atoms with Gasteiger partial charge in [-0.2, -0.15) is 0 Å². The van der Waals surface area contributed by atoms with E-state index in [9.17, 15) is 14.9 Å². The third kappa shape index (κ3) is 5.33. The highest BCUT2D eigenvalue weighted by Crippen LogP contribution is 2.22. The van der Waals surface area contributed by atoms with Gasteiger partial charge in [0.2, 0.25) is 0 Å². The van der Waals surface area contributed by atoms with Gasteiger partial charge < -0.3 is 15.4 Å². The molecule has 0 aromatic heterocycles. The lowest BCUT2D eigenvalue weighted by Crippen LogP contribution is -2.49. The van der Waals surface area contributed by atoms with Gasteiger partial charge in [-0.3, -0.25) is 10.1 Å². The monoisotopic (exact) mass is 309 g/mol. The van der Waals surface area contributed by atoms with E-state index in [1.807, 2.05) is 20.8 Å². The van der Waals surface area contributed by atoms with Crippen molar-refractivity contribution in [2.24, 2.45) is 0 Å². The number of carbonyl (C=O) groups is 1. The molecule has 0 aliphatic rings. The van der Waals surface area contributed by atoms with Crippen LogP contribution < -0.4 is 10.6 Å². The number of nitrogens with zero attached hydrogens (tertiary/aromatic N) is 1. The number of methoxy groups -OCH3 is 1. The Morgan fingerprint density at radius 1 is 1.36 bits per heavy atom. The predicted molar refractivity (Wildman–Crippen MR) is 83.7 cm³/mol. The lowest BCUT2D eigenvalue weighted by atomic mass is 9.94. The highest BCUT2D eigenvalue weighted by Gasteiger charge is 2.24. The average Bonchev–Trinajstić information content (AvgIpc) is 2.44. The number of benzene rings is 1. The number of hydrogen-bond acceptors (Lipinski definition) is 4. The molecule has 0 radical (unpaired) electrons. The molecule has 1 rings (SSSR count). The van der Waals surface area contributed by atoms with Crippen molar-refractivity contribution < 1.29 is 14.5 Å². The minimum Gasteiger partial charge on any atom is -0.385 e. The van der Waals surface area contributed by atoms with Crippen molar-refractivity contribution in [3.05, 3.63) is 39.9 Å². The van der Waals surface area contributed by atoms with Gasteiger partial charge in [-0.1, -0.05) is 0 Å². The minimum absolute atomic E-state index is 0.00684. The van der Waals surface area contributed by atoms with Gasteiger partial charge in [0, 0.05) is 31.9 Å².